The summed E-state index contributed by atoms with van der Waals surface area (Å²) in [6.45, 7) is -0.764. The second-order valence-electron chi connectivity index (χ2n) is 5.90. The Labute approximate surface area is 176 Å². The number of halogens is 4. The van der Waals surface area contributed by atoms with Crippen molar-refractivity contribution in [2.75, 3.05) is 30.3 Å². The van der Waals surface area contributed by atoms with E-state index in [1.807, 2.05) is 0 Å². The summed E-state index contributed by atoms with van der Waals surface area (Å²) in [5.41, 5.74) is 0.729. The van der Waals surface area contributed by atoms with E-state index in [0.29, 0.717) is 28.0 Å². The summed E-state index contributed by atoms with van der Waals surface area (Å²) in [6.07, 6.45) is 0. The Morgan fingerprint density at radius 1 is 1.00 bits per heavy atom. The van der Waals surface area contributed by atoms with E-state index in [9.17, 15) is 18.4 Å². The molecule has 0 radical (unpaired) electrons. The molecule has 0 saturated carbocycles. The minimum absolute atomic E-state index is 0.0110. The molecule has 0 aliphatic carbocycles. The van der Waals surface area contributed by atoms with Gasteiger partial charge in [0.05, 0.1) is 28.8 Å². The maximum Gasteiger partial charge on any atom is 0.387 e. The van der Waals surface area contributed by atoms with Crippen LogP contribution in [0.1, 0.15) is 6.92 Å². The van der Waals surface area contributed by atoms with E-state index >= 15 is 0 Å². The van der Waals surface area contributed by atoms with Crippen LogP contribution in [0, 0.1) is 0 Å². The molecule has 2 aromatic rings. The average molecular weight is 446 g/mol. The minimum atomic E-state index is -2.92. The highest BCUT2D eigenvalue weighted by molar-refractivity contribution is 6.39. The largest absolute Gasteiger partial charge is 0.435 e. The second kappa shape index (κ2) is 10.9. The summed E-state index contributed by atoms with van der Waals surface area (Å²) in [5, 5.41) is 5.89. The van der Waals surface area contributed by atoms with Crippen LogP contribution in [-0.2, 0) is 9.59 Å². The molecule has 0 saturated heterocycles. The van der Waals surface area contributed by atoms with Crippen molar-refractivity contribution in [2.45, 2.75) is 13.5 Å². The maximum absolute atomic E-state index is 12.3. The maximum atomic E-state index is 12.3. The van der Waals surface area contributed by atoms with E-state index in [-0.39, 0.29) is 30.7 Å². The van der Waals surface area contributed by atoms with Gasteiger partial charge in [-0.3, -0.25) is 14.5 Å². The molecule has 0 aliphatic heterocycles. The average Bonchev–Trinajstić information content (AvgIpc) is 2.65. The topological polar surface area (TPSA) is 70.7 Å². The molecule has 29 heavy (non-hydrogen) atoms. The van der Waals surface area contributed by atoms with E-state index < -0.39 is 6.61 Å². The number of amides is 2. The third-order valence-corrected chi connectivity index (χ3v) is 4.40. The number of ether oxygens (including phenoxy) is 1. The monoisotopic (exact) mass is 445 g/mol. The first-order chi connectivity index (χ1) is 13.8. The molecule has 2 aromatic carbocycles. The Balaban J connectivity index is 1.88. The third kappa shape index (κ3) is 7.49. The van der Waals surface area contributed by atoms with Gasteiger partial charge in [0, 0.05) is 5.69 Å². The number of anilines is 2. The van der Waals surface area contributed by atoms with Gasteiger partial charge in [0.2, 0.25) is 11.8 Å². The molecule has 2 amide bonds. The molecule has 0 aliphatic rings. The lowest BCUT2D eigenvalue weighted by atomic mass is 10.3. The zero-order valence-corrected chi connectivity index (χ0v) is 16.9. The number of hydrogen-bond acceptors (Lipinski definition) is 4. The van der Waals surface area contributed by atoms with Gasteiger partial charge >= 0.3 is 6.61 Å². The lowest BCUT2D eigenvalue weighted by Gasteiger charge is -2.20. The first-order valence-electron chi connectivity index (χ1n) is 8.59. The summed E-state index contributed by atoms with van der Waals surface area (Å²) in [7, 11) is 0. The van der Waals surface area contributed by atoms with Crippen molar-refractivity contribution in [3.63, 3.8) is 0 Å². The van der Waals surface area contributed by atoms with Crippen LogP contribution in [-0.4, -0.2) is 43.0 Å². The van der Waals surface area contributed by atoms with Gasteiger partial charge in [0.1, 0.15) is 5.75 Å². The molecular formula is C19H19Cl2F2N3O3. The van der Waals surface area contributed by atoms with Crippen LogP contribution < -0.4 is 15.4 Å². The lowest BCUT2D eigenvalue weighted by molar-refractivity contribution is -0.119. The van der Waals surface area contributed by atoms with Gasteiger partial charge in [-0.1, -0.05) is 36.2 Å². The van der Waals surface area contributed by atoms with Crippen LogP contribution >= 0.6 is 23.2 Å². The molecule has 0 unspecified atom stereocenters. The van der Waals surface area contributed by atoms with Gasteiger partial charge in [0.25, 0.3) is 0 Å². The van der Waals surface area contributed by atoms with Gasteiger partial charge in [-0.05, 0) is 42.9 Å². The van der Waals surface area contributed by atoms with E-state index in [2.05, 4.69) is 15.4 Å². The van der Waals surface area contributed by atoms with Gasteiger partial charge in [-0.15, -0.1) is 0 Å². The first-order valence-corrected chi connectivity index (χ1v) is 9.35. The summed E-state index contributed by atoms with van der Waals surface area (Å²) < 4.78 is 28.6. The van der Waals surface area contributed by atoms with E-state index in [1.165, 1.54) is 24.3 Å². The summed E-state index contributed by atoms with van der Waals surface area (Å²) >= 11 is 12.1. The van der Waals surface area contributed by atoms with Crippen LogP contribution in [0.25, 0.3) is 0 Å². The van der Waals surface area contributed by atoms with Crippen molar-refractivity contribution in [3.8, 4) is 5.75 Å². The Morgan fingerprint density at radius 2 is 1.55 bits per heavy atom. The zero-order valence-electron chi connectivity index (χ0n) is 15.4. The molecular weight excluding hydrogens is 427 g/mol. The van der Waals surface area contributed by atoms with Crippen molar-refractivity contribution < 1.29 is 23.1 Å². The highest BCUT2D eigenvalue weighted by Gasteiger charge is 2.16. The van der Waals surface area contributed by atoms with Gasteiger partial charge in [0.15, 0.2) is 0 Å². The number of carbonyl (C=O) groups excluding carboxylic acids is 2. The molecule has 0 spiro atoms. The number of nitrogens with one attached hydrogen (secondary N) is 2. The second-order valence-corrected chi connectivity index (χ2v) is 6.71. The molecule has 156 valence electrons. The SMILES string of the molecule is CCN(CC(=O)Nc1ccc(OC(F)F)cc1)CC(=O)Nc1c(Cl)cccc1Cl. The molecule has 2 N–H and O–H groups in total. The van der Waals surface area contributed by atoms with Gasteiger partial charge in [-0.2, -0.15) is 8.78 Å². The molecule has 2 rings (SSSR count). The summed E-state index contributed by atoms with van der Waals surface area (Å²) in [5.74, 6) is -0.746. The molecule has 0 heterocycles. The number of para-hydroxylation sites is 1. The highest BCUT2D eigenvalue weighted by Crippen LogP contribution is 2.29. The highest BCUT2D eigenvalue weighted by atomic mass is 35.5. The third-order valence-electron chi connectivity index (χ3n) is 3.77. The van der Waals surface area contributed by atoms with Crippen molar-refractivity contribution in [3.05, 3.63) is 52.5 Å². The predicted octanol–water partition coefficient (Wildman–Crippen LogP) is 4.49. The van der Waals surface area contributed by atoms with E-state index in [0.717, 1.165) is 0 Å². The fourth-order valence-corrected chi connectivity index (χ4v) is 2.89. The fraction of sp³-hybridized carbons (Fsp3) is 0.263. The van der Waals surface area contributed by atoms with Crippen molar-refractivity contribution in [2.24, 2.45) is 0 Å². The van der Waals surface area contributed by atoms with E-state index in [1.54, 1.807) is 30.0 Å². The van der Waals surface area contributed by atoms with Crippen LogP contribution in [0.5, 0.6) is 5.75 Å². The zero-order chi connectivity index (χ0) is 21.4. The Bertz CT molecular complexity index is 831. The van der Waals surface area contributed by atoms with Crippen LogP contribution in [0.2, 0.25) is 10.0 Å². The summed E-state index contributed by atoms with van der Waals surface area (Å²) in [4.78, 5) is 26.1. The fourth-order valence-electron chi connectivity index (χ4n) is 2.40. The molecule has 6 nitrogen and oxygen atoms in total. The first kappa shape index (κ1) is 22.9. The number of benzene rings is 2. The molecule has 10 heteroatoms. The normalized spacial score (nSPS) is 10.9. The van der Waals surface area contributed by atoms with Crippen LogP contribution in [0.3, 0.4) is 0 Å². The number of nitrogens with zero attached hydrogens (tertiary/aromatic N) is 1. The molecule has 0 bridgehead atoms. The van der Waals surface area contributed by atoms with Gasteiger partial charge in [-0.25, -0.2) is 0 Å². The van der Waals surface area contributed by atoms with Crippen LogP contribution in [0.4, 0.5) is 20.2 Å². The standard InChI is InChI=1S/C19H19Cl2F2N3O3/c1-2-26(11-17(28)25-18-14(20)4-3-5-15(18)21)10-16(27)24-12-6-8-13(9-7-12)29-19(22)23/h3-9,19H,2,10-11H2,1H3,(H,24,27)(H,25,28). The lowest BCUT2D eigenvalue weighted by Crippen LogP contribution is -2.38. The Kier molecular flexibility index (Phi) is 8.63. The van der Waals surface area contributed by atoms with Crippen molar-refractivity contribution in [1.82, 2.24) is 4.90 Å². The van der Waals surface area contributed by atoms with Crippen molar-refractivity contribution >= 4 is 46.4 Å². The molecule has 0 fully saturated rings. The Hall–Kier alpha value is -2.42. The minimum Gasteiger partial charge on any atom is -0.435 e. The van der Waals surface area contributed by atoms with Crippen molar-refractivity contribution in [1.29, 1.82) is 0 Å². The number of alkyl halides is 2. The Morgan fingerprint density at radius 3 is 2.07 bits per heavy atom. The molecule has 0 atom stereocenters. The van der Waals surface area contributed by atoms with Gasteiger partial charge < -0.3 is 15.4 Å². The van der Waals surface area contributed by atoms with Crippen LogP contribution in [0.15, 0.2) is 42.5 Å². The van der Waals surface area contributed by atoms with E-state index in [4.69, 9.17) is 23.2 Å². The number of hydrogen-bond donors (Lipinski definition) is 2. The number of carbonyl (C=O) groups is 2. The molecule has 0 aromatic heterocycles. The predicted molar refractivity (Wildman–Crippen MR) is 109 cm³/mol. The quantitative estimate of drug-likeness (QED) is 0.596. The number of rotatable bonds is 9. The smallest absolute Gasteiger partial charge is 0.387 e. The number of likely N-dealkylation sites (N-methyl/N-ethyl adjacent to an activating group) is 1. The summed E-state index contributed by atoms with van der Waals surface area (Å²) in [6, 6.07) is 10.4.